The Kier molecular flexibility index (Phi) is 6.66. The Bertz CT molecular complexity index is 910. The number of carbonyl (C=O) groups is 1. The summed E-state index contributed by atoms with van der Waals surface area (Å²) in [4.78, 5) is 21.5. The number of nitrogens with one attached hydrogen (secondary N) is 1. The van der Waals surface area contributed by atoms with Crippen LogP contribution in [0.3, 0.4) is 0 Å². The van der Waals surface area contributed by atoms with E-state index in [2.05, 4.69) is 15.3 Å². The third-order valence-electron chi connectivity index (χ3n) is 3.97. The second-order valence-electron chi connectivity index (χ2n) is 6.38. The van der Waals surface area contributed by atoms with Gasteiger partial charge in [-0.05, 0) is 62.7 Å². The van der Waals surface area contributed by atoms with Gasteiger partial charge in [0.2, 0.25) is 5.91 Å². The number of aromatic nitrogens is 2. The molecule has 1 aromatic heterocycles. The Hall–Kier alpha value is -2.86. The van der Waals surface area contributed by atoms with Crippen LogP contribution >= 0.6 is 11.8 Å². The first-order valence-corrected chi connectivity index (χ1v) is 10.0. The van der Waals surface area contributed by atoms with Crippen molar-refractivity contribution in [3.05, 3.63) is 72.1 Å². The molecule has 0 aliphatic heterocycles. The normalized spacial score (nSPS) is 11.7. The highest BCUT2D eigenvalue weighted by atomic mass is 32.2. The maximum atomic E-state index is 12.7. The number of benzene rings is 2. The first-order valence-electron chi connectivity index (χ1n) is 9.16. The molecule has 0 radical (unpaired) electrons. The Morgan fingerprint density at radius 3 is 2.21 bits per heavy atom. The van der Waals surface area contributed by atoms with E-state index in [1.54, 1.807) is 0 Å². The highest BCUT2D eigenvalue weighted by Crippen LogP contribution is 2.26. The van der Waals surface area contributed by atoms with Crippen molar-refractivity contribution >= 4 is 23.4 Å². The van der Waals surface area contributed by atoms with E-state index >= 15 is 0 Å². The minimum Gasteiger partial charge on any atom is -0.457 e. The van der Waals surface area contributed by atoms with Gasteiger partial charge in [-0.15, -0.1) is 0 Å². The van der Waals surface area contributed by atoms with Crippen LogP contribution < -0.4 is 10.1 Å². The maximum Gasteiger partial charge on any atom is 0.237 e. The number of rotatable bonds is 7. The molecule has 1 N–H and O–H groups in total. The van der Waals surface area contributed by atoms with Crippen molar-refractivity contribution in [1.82, 2.24) is 9.97 Å². The summed E-state index contributed by atoms with van der Waals surface area (Å²) < 4.78 is 5.77. The molecule has 144 valence electrons. The van der Waals surface area contributed by atoms with Crippen LogP contribution in [0.25, 0.3) is 0 Å². The molecule has 1 atom stereocenters. The van der Waals surface area contributed by atoms with Crippen LogP contribution in [0.2, 0.25) is 0 Å². The molecular formula is C22H23N3O2S. The van der Waals surface area contributed by atoms with E-state index in [0.717, 1.165) is 22.8 Å². The van der Waals surface area contributed by atoms with Crippen molar-refractivity contribution < 1.29 is 9.53 Å². The fraction of sp³-hybridized carbons (Fsp3) is 0.227. The minimum atomic E-state index is -0.263. The van der Waals surface area contributed by atoms with E-state index in [4.69, 9.17) is 4.74 Å². The number of carbonyl (C=O) groups excluding carboxylic acids is 1. The number of hydrogen-bond acceptors (Lipinski definition) is 5. The molecule has 1 amide bonds. The van der Waals surface area contributed by atoms with E-state index in [0.29, 0.717) is 17.3 Å². The lowest BCUT2D eigenvalue weighted by molar-refractivity contribution is -0.115. The second kappa shape index (κ2) is 9.37. The number of amides is 1. The van der Waals surface area contributed by atoms with Gasteiger partial charge in [-0.3, -0.25) is 4.79 Å². The molecule has 0 saturated carbocycles. The fourth-order valence-corrected chi connectivity index (χ4v) is 3.63. The van der Waals surface area contributed by atoms with Crippen molar-refractivity contribution in [3.8, 4) is 11.5 Å². The van der Waals surface area contributed by atoms with Gasteiger partial charge in [0.05, 0.1) is 5.25 Å². The summed E-state index contributed by atoms with van der Waals surface area (Å²) >= 11 is 1.39. The average molecular weight is 394 g/mol. The summed E-state index contributed by atoms with van der Waals surface area (Å²) in [6.45, 7) is 5.84. The van der Waals surface area contributed by atoms with Gasteiger partial charge in [0, 0.05) is 17.1 Å². The molecule has 3 aromatic rings. The summed E-state index contributed by atoms with van der Waals surface area (Å²) in [5, 5.41) is 3.33. The quantitative estimate of drug-likeness (QED) is 0.430. The third-order valence-corrected chi connectivity index (χ3v) is 5.20. The van der Waals surface area contributed by atoms with E-state index in [1.165, 1.54) is 11.8 Å². The molecule has 0 saturated heterocycles. The lowest BCUT2D eigenvalue weighted by Gasteiger charge is -2.14. The molecule has 1 heterocycles. The van der Waals surface area contributed by atoms with Gasteiger partial charge in [-0.2, -0.15) is 0 Å². The van der Waals surface area contributed by atoms with Crippen LogP contribution in [0.15, 0.2) is 65.8 Å². The van der Waals surface area contributed by atoms with Crippen molar-refractivity contribution in [2.45, 2.75) is 37.6 Å². The van der Waals surface area contributed by atoms with Gasteiger partial charge in [0.25, 0.3) is 0 Å². The Morgan fingerprint density at radius 1 is 1.00 bits per heavy atom. The van der Waals surface area contributed by atoms with E-state index in [-0.39, 0.29) is 11.2 Å². The number of thioether (sulfide) groups is 1. The molecule has 0 aliphatic carbocycles. The minimum absolute atomic E-state index is 0.0630. The van der Waals surface area contributed by atoms with Gasteiger partial charge >= 0.3 is 0 Å². The predicted octanol–water partition coefficient (Wildman–Crippen LogP) is 5.40. The van der Waals surface area contributed by atoms with Crippen molar-refractivity contribution in [2.75, 3.05) is 5.32 Å². The van der Waals surface area contributed by atoms with E-state index in [9.17, 15) is 4.79 Å². The largest absolute Gasteiger partial charge is 0.457 e. The Morgan fingerprint density at radius 2 is 1.61 bits per heavy atom. The first kappa shape index (κ1) is 19.9. The SMILES string of the molecule is CCC(Sc1nc(C)cc(C)n1)C(=O)Nc1ccc(Oc2ccccc2)cc1. The molecule has 3 rings (SSSR count). The van der Waals surface area contributed by atoms with Crippen LogP contribution in [0, 0.1) is 13.8 Å². The lowest BCUT2D eigenvalue weighted by Crippen LogP contribution is -2.24. The highest BCUT2D eigenvalue weighted by Gasteiger charge is 2.20. The van der Waals surface area contributed by atoms with Crippen LogP contribution in [-0.4, -0.2) is 21.1 Å². The molecule has 28 heavy (non-hydrogen) atoms. The third kappa shape index (κ3) is 5.57. The van der Waals surface area contributed by atoms with Crippen molar-refractivity contribution in [3.63, 3.8) is 0 Å². The Balaban J connectivity index is 1.62. The number of nitrogens with zero attached hydrogens (tertiary/aromatic N) is 2. The lowest BCUT2D eigenvalue weighted by atomic mass is 10.2. The van der Waals surface area contributed by atoms with E-state index in [1.807, 2.05) is 81.4 Å². The zero-order chi connectivity index (χ0) is 19.9. The second-order valence-corrected chi connectivity index (χ2v) is 7.55. The molecule has 1 unspecified atom stereocenters. The monoisotopic (exact) mass is 393 g/mol. The standard InChI is InChI=1S/C22H23N3O2S/c1-4-20(28-22-23-15(2)14-16(3)24-22)21(26)25-17-10-12-19(13-11-17)27-18-8-6-5-7-9-18/h5-14,20H,4H2,1-3H3,(H,25,26). The van der Waals surface area contributed by atoms with Gasteiger partial charge in [0.1, 0.15) is 11.5 Å². The smallest absolute Gasteiger partial charge is 0.237 e. The average Bonchev–Trinajstić information content (AvgIpc) is 2.67. The molecule has 6 heteroatoms. The fourth-order valence-electron chi connectivity index (χ4n) is 2.65. The van der Waals surface area contributed by atoms with Gasteiger partial charge in [-0.25, -0.2) is 9.97 Å². The first-order chi connectivity index (χ1) is 13.5. The molecule has 0 fully saturated rings. The summed E-state index contributed by atoms with van der Waals surface area (Å²) in [5.41, 5.74) is 2.53. The van der Waals surface area contributed by atoms with E-state index < -0.39 is 0 Å². The number of ether oxygens (including phenoxy) is 1. The summed E-state index contributed by atoms with van der Waals surface area (Å²) in [6, 6.07) is 18.8. The maximum absolute atomic E-state index is 12.7. The van der Waals surface area contributed by atoms with Crippen LogP contribution in [0.4, 0.5) is 5.69 Å². The molecule has 5 nitrogen and oxygen atoms in total. The van der Waals surface area contributed by atoms with Crippen molar-refractivity contribution in [1.29, 1.82) is 0 Å². The molecule has 2 aromatic carbocycles. The molecule has 0 bridgehead atoms. The van der Waals surface area contributed by atoms with Crippen LogP contribution in [0.5, 0.6) is 11.5 Å². The zero-order valence-electron chi connectivity index (χ0n) is 16.2. The van der Waals surface area contributed by atoms with Crippen molar-refractivity contribution in [2.24, 2.45) is 0 Å². The number of aryl methyl sites for hydroxylation is 2. The topological polar surface area (TPSA) is 64.1 Å². The number of anilines is 1. The zero-order valence-corrected chi connectivity index (χ0v) is 17.0. The highest BCUT2D eigenvalue weighted by molar-refractivity contribution is 8.00. The molecular weight excluding hydrogens is 370 g/mol. The number of para-hydroxylation sites is 1. The van der Waals surface area contributed by atoms with Gasteiger partial charge in [0.15, 0.2) is 5.16 Å². The summed E-state index contributed by atoms with van der Waals surface area (Å²) in [7, 11) is 0. The molecule has 0 spiro atoms. The summed E-state index contributed by atoms with van der Waals surface area (Å²) in [5.74, 6) is 1.43. The van der Waals surface area contributed by atoms with Gasteiger partial charge in [-0.1, -0.05) is 36.9 Å². The predicted molar refractivity (Wildman–Crippen MR) is 113 cm³/mol. The van der Waals surface area contributed by atoms with Crippen LogP contribution in [-0.2, 0) is 4.79 Å². The van der Waals surface area contributed by atoms with Crippen LogP contribution in [0.1, 0.15) is 24.7 Å². The van der Waals surface area contributed by atoms with Gasteiger partial charge < -0.3 is 10.1 Å². The number of hydrogen-bond donors (Lipinski definition) is 1. The Labute approximate surface area is 169 Å². The summed E-state index contributed by atoms with van der Waals surface area (Å²) in [6.07, 6.45) is 0.683. The molecule has 0 aliphatic rings.